The van der Waals surface area contributed by atoms with Crippen molar-refractivity contribution in [3.05, 3.63) is 205 Å². The minimum atomic E-state index is 0.0411. The first-order chi connectivity index (χ1) is 32.7. The Morgan fingerprint density at radius 2 is 1.12 bits per heavy atom. The van der Waals surface area contributed by atoms with Crippen molar-refractivity contribution in [1.29, 1.82) is 0 Å². The number of para-hydroxylation sites is 2. The van der Waals surface area contributed by atoms with Gasteiger partial charge in [-0.3, -0.25) is 0 Å². The SMILES string of the molecule is c1cc(-c2ccc3c(c2)-c2ccc(N(c4cccc5ccccc45)c4cccc5sc6ccccc6c45)cc2C32C3CC4CC5CC2C3(C4)C5)cc(-n2c3ccccc3c3ccccc32)c1. The van der Waals surface area contributed by atoms with Crippen LogP contribution in [0.2, 0.25) is 0 Å². The van der Waals surface area contributed by atoms with Crippen LogP contribution in [0.4, 0.5) is 17.1 Å². The molecule has 5 aliphatic carbocycles. The minimum absolute atomic E-state index is 0.0411. The molecule has 0 saturated heterocycles. The summed E-state index contributed by atoms with van der Waals surface area (Å²) in [5.74, 6) is 3.16. The molecule has 0 aliphatic heterocycles. The first kappa shape index (κ1) is 36.3. The lowest BCUT2D eigenvalue weighted by atomic mass is 9.38. The summed E-state index contributed by atoms with van der Waals surface area (Å²) < 4.78 is 5.12. The van der Waals surface area contributed by atoms with Gasteiger partial charge in [-0.1, -0.05) is 127 Å². The van der Waals surface area contributed by atoms with Crippen LogP contribution in [0, 0.1) is 29.1 Å². The second-order valence-electron chi connectivity index (χ2n) is 20.5. The zero-order valence-electron chi connectivity index (χ0n) is 36.6. The third kappa shape index (κ3) is 4.53. The molecule has 0 N–H and O–H groups in total. The molecule has 4 unspecified atom stereocenters. The van der Waals surface area contributed by atoms with Crippen molar-refractivity contribution in [3.8, 4) is 27.9 Å². The number of hydrogen-bond acceptors (Lipinski definition) is 2. The zero-order chi connectivity index (χ0) is 42.9. The first-order valence-corrected chi connectivity index (χ1v) is 25.0. The highest BCUT2D eigenvalue weighted by atomic mass is 32.1. The summed E-state index contributed by atoms with van der Waals surface area (Å²) in [7, 11) is 0. The number of hydrogen-bond donors (Lipinski definition) is 0. The second kappa shape index (κ2) is 12.9. The molecule has 2 aromatic heterocycles. The summed E-state index contributed by atoms with van der Waals surface area (Å²) in [4.78, 5) is 2.62. The fraction of sp³-hybridized carbons (Fsp3) is 0.175. The van der Waals surface area contributed by atoms with Gasteiger partial charge in [0.05, 0.1) is 22.4 Å². The molecule has 11 aromatic rings. The minimum Gasteiger partial charge on any atom is -0.309 e. The lowest BCUT2D eigenvalue weighted by molar-refractivity contribution is -0.0820. The van der Waals surface area contributed by atoms with Crippen LogP contribution in [-0.2, 0) is 5.41 Å². The molecule has 66 heavy (non-hydrogen) atoms. The quantitative estimate of drug-likeness (QED) is 0.167. The van der Waals surface area contributed by atoms with Gasteiger partial charge in [0.1, 0.15) is 0 Å². The van der Waals surface area contributed by atoms with Crippen LogP contribution >= 0.6 is 11.3 Å². The van der Waals surface area contributed by atoms with E-state index in [1.54, 1.807) is 11.1 Å². The van der Waals surface area contributed by atoms with Gasteiger partial charge in [-0.15, -0.1) is 11.3 Å². The van der Waals surface area contributed by atoms with Crippen molar-refractivity contribution in [3.63, 3.8) is 0 Å². The second-order valence-corrected chi connectivity index (χ2v) is 21.6. The smallest absolute Gasteiger partial charge is 0.0555 e. The molecule has 2 spiro atoms. The Morgan fingerprint density at radius 3 is 1.94 bits per heavy atom. The maximum absolute atomic E-state index is 2.69. The normalized spacial score (nSPS) is 24.2. The Kier molecular flexibility index (Phi) is 7.09. The molecule has 5 aliphatic rings. The Balaban J connectivity index is 0.915. The molecule has 4 saturated carbocycles. The molecule has 16 rings (SSSR count). The van der Waals surface area contributed by atoms with Crippen molar-refractivity contribution < 1.29 is 0 Å². The molecule has 314 valence electrons. The molecular weight excluding hydrogens is 817 g/mol. The van der Waals surface area contributed by atoms with Gasteiger partial charge >= 0.3 is 0 Å². The fourth-order valence-corrected chi connectivity index (χ4v) is 16.9. The summed E-state index contributed by atoms with van der Waals surface area (Å²) in [5.41, 5.74) is 16.7. The van der Waals surface area contributed by atoms with Crippen LogP contribution in [0.1, 0.15) is 43.2 Å². The predicted octanol–water partition coefficient (Wildman–Crippen LogP) is 17.2. The van der Waals surface area contributed by atoms with E-state index in [2.05, 4.69) is 204 Å². The Morgan fingerprint density at radius 1 is 0.470 bits per heavy atom. The molecule has 3 heteroatoms. The Hall–Kier alpha value is -6.94. The van der Waals surface area contributed by atoms with Crippen molar-refractivity contribution in [1.82, 2.24) is 4.57 Å². The number of rotatable bonds is 5. The van der Waals surface area contributed by atoms with E-state index in [1.165, 1.54) is 130 Å². The predicted molar refractivity (Wildman–Crippen MR) is 277 cm³/mol. The first-order valence-electron chi connectivity index (χ1n) is 24.2. The van der Waals surface area contributed by atoms with Gasteiger partial charge in [0, 0.05) is 53.1 Å². The number of anilines is 3. The summed E-state index contributed by atoms with van der Waals surface area (Å²) in [6, 6.07) is 74.1. The number of thiophene rings is 1. The molecule has 2 nitrogen and oxygen atoms in total. The largest absolute Gasteiger partial charge is 0.309 e. The van der Waals surface area contributed by atoms with Crippen LogP contribution in [0.5, 0.6) is 0 Å². The summed E-state index contributed by atoms with van der Waals surface area (Å²) in [5, 5.41) is 7.80. The Labute approximate surface area is 388 Å². The van der Waals surface area contributed by atoms with Crippen LogP contribution in [-0.4, -0.2) is 4.57 Å². The zero-order valence-corrected chi connectivity index (χ0v) is 37.4. The van der Waals surface area contributed by atoms with Crippen LogP contribution in [0.25, 0.3) is 80.7 Å². The van der Waals surface area contributed by atoms with Gasteiger partial charge in [-0.2, -0.15) is 0 Å². The summed E-state index contributed by atoms with van der Waals surface area (Å²) in [6.07, 6.45) is 7.12. The van der Waals surface area contributed by atoms with E-state index in [0.717, 1.165) is 11.8 Å². The van der Waals surface area contributed by atoms with E-state index < -0.39 is 0 Å². The van der Waals surface area contributed by atoms with E-state index in [9.17, 15) is 0 Å². The van der Waals surface area contributed by atoms with Gasteiger partial charge in [0.2, 0.25) is 0 Å². The van der Waals surface area contributed by atoms with Crippen LogP contribution in [0.15, 0.2) is 194 Å². The highest BCUT2D eigenvalue weighted by molar-refractivity contribution is 7.26. The molecule has 0 radical (unpaired) electrons. The average molecular weight is 863 g/mol. The monoisotopic (exact) mass is 862 g/mol. The molecule has 4 atom stereocenters. The van der Waals surface area contributed by atoms with Gasteiger partial charge in [-0.25, -0.2) is 0 Å². The topological polar surface area (TPSA) is 8.17 Å². The van der Waals surface area contributed by atoms with Crippen molar-refractivity contribution in [2.45, 2.75) is 37.5 Å². The number of aromatic nitrogens is 1. The fourth-order valence-electron chi connectivity index (χ4n) is 15.8. The standard InChI is InChI=1S/C63H46N2S/c1-2-16-45-40(12-1)13-10-22-53(45)65(56-23-11-25-58-61(56)49-19-5-8-24-57(49)66-58)44-27-28-46-50-34-42(26-29-51(50)63(52(46)35-44)59-31-38-30-39-32-60(63)62(59,36-38)37-39)41-14-9-15-43(33-41)64-54-20-6-3-17-47(54)48-18-4-7-21-55(48)64/h1-29,33-35,38-39,59-60H,30-32,36-37H2. The van der Waals surface area contributed by atoms with E-state index in [-0.39, 0.29) is 5.41 Å². The third-order valence-electron chi connectivity index (χ3n) is 17.7. The molecule has 0 amide bonds. The molecule has 2 heterocycles. The lowest BCUT2D eigenvalue weighted by Gasteiger charge is -2.64. The Bertz CT molecular complexity index is 3800. The van der Waals surface area contributed by atoms with Gasteiger partial charge in [0.25, 0.3) is 0 Å². The van der Waals surface area contributed by atoms with Gasteiger partial charge in [-0.05, 0) is 167 Å². The van der Waals surface area contributed by atoms with E-state index in [1.807, 2.05) is 11.3 Å². The molecular formula is C63H46N2S. The van der Waals surface area contributed by atoms with E-state index in [4.69, 9.17) is 0 Å². The van der Waals surface area contributed by atoms with Crippen LogP contribution < -0.4 is 4.90 Å². The van der Waals surface area contributed by atoms with E-state index >= 15 is 0 Å². The number of fused-ring (bicyclic) bond motifs is 16. The lowest BCUT2D eigenvalue weighted by Crippen LogP contribution is -2.62. The third-order valence-corrected chi connectivity index (χ3v) is 18.9. The molecule has 4 fully saturated rings. The number of nitrogens with zero attached hydrogens (tertiary/aromatic N) is 2. The highest BCUT2D eigenvalue weighted by Crippen LogP contribution is 2.85. The van der Waals surface area contributed by atoms with Crippen molar-refractivity contribution in [2.24, 2.45) is 29.1 Å². The van der Waals surface area contributed by atoms with Gasteiger partial charge < -0.3 is 9.47 Å². The van der Waals surface area contributed by atoms with E-state index in [0.29, 0.717) is 17.3 Å². The van der Waals surface area contributed by atoms with Crippen molar-refractivity contribution >= 4 is 81.1 Å². The van der Waals surface area contributed by atoms with Crippen LogP contribution in [0.3, 0.4) is 0 Å². The average Bonchev–Trinajstić information content (AvgIpc) is 4.12. The maximum Gasteiger partial charge on any atom is 0.0555 e. The molecule has 3 bridgehead atoms. The van der Waals surface area contributed by atoms with Gasteiger partial charge in [0.15, 0.2) is 0 Å². The number of benzene rings is 9. The summed E-state index contributed by atoms with van der Waals surface area (Å²) >= 11 is 1.91. The summed E-state index contributed by atoms with van der Waals surface area (Å²) in [6.45, 7) is 0. The maximum atomic E-state index is 2.69. The van der Waals surface area contributed by atoms with Crippen molar-refractivity contribution in [2.75, 3.05) is 4.90 Å². The highest BCUT2D eigenvalue weighted by Gasteiger charge is 2.79. The molecule has 9 aromatic carbocycles.